The van der Waals surface area contributed by atoms with E-state index in [1.807, 2.05) is 53.9 Å². The van der Waals surface area contributed by atoms with E-state index in [1.165, 1.54) is 13.2 Å². The molecule has 2 heterocycles. The topological polar surface area (TPSA) is 81.4 Å². The molecule has 1 N–H and O–H groups in total. The zero-order valence-electron chi connectivity index (χ0n) is 17.6. The maximum atomic E-state index is 12.9. The number of rotatable bonds is 5. The van der Waals surface area contributed by atoms with Crippen LogP contribution >= 0.6 is 11.3 Å². The van der Waals surface area contributed by atoms with E-state index in [-0.39, 0.29) is 5.56 Å². The molecule has 5 aromatic rings. The average molecular weight is 455 g/mol. The van der Waals surface area contributed by atoms with Crippen LogP contribution < -0.4 is 15.7 Å². The van der Waals surface area contributed by atoms with Crippen LogP contribution in [0.25, 0.3) is 32.8 Å². The number of fused-ring (bicyclic) bond motifs is 1. The van der Waals surface area contributed by atoms with Gasteiger partial charge in [0.05, 0.1) is 12.8 Å². The summed E-state index contributed by atoms with van der Waals surface area (Å²) >= 11 is 1.56. The van der Waals surface area contributed by atoms with Crippen molar-refractivity contribution in [2.75, 3.05) is 12.4 Å². The van der Waals surface area contributed by atoms with Crippen molar-refractivity contribution >= 4 is 33.9 Å². The summed E-state index contributed by atoms with van der Waals surface area (Å²) in [6, 6.07) is 24.0. The third-order valence-corrected chi connectivity index (χ3v) is 6.02. The highest BCUT2D eigenvalue weighted by Gasteiger charge is 2.16. The summed E-state index contributed by atoms with van der Waals surface area (Å²) in [4.78, 5) is 30.0. The summed E-state index contributed by atoms with van der Waals surface area (Å²) in [5.74, 6) is -0.115. The van der Waals surface area contributed by atoms with Gasteiger partial charge in [-0.1, -0.05) is 54.6 Å². The van der Waals surface area contributed by atoms with E-state index in [0.717, 1.165) is 21.8 Å². The van der Waals surface area contributed by atoms with Gasteiger partial charge in [0, 0.05) is 27.6 Å². The lowest BCUT2D eigenvalue weighted by atomic mass is 10.1. The van der Waals surface area contributed by atoms with Crippen molar-refractivity contribution in [2.24, 2.45) is 0 Å². The summed E-state index contributed by atoms with van der Waals surface area (Å²) in [7, 11) is 1.49. The number of nitrogens with zero attached hydrogens (tertiary/aromatic N) is 1. The lowest BCUT2D eigenvalue weighted by Crippen LogP contribution is -2.20. The molecule has 0 aliphatic carbocycles. The first kappa shape index (κ1) is 20.7. The SMILES string of the molecule is COc1cccc2cc(C(=O)Nc3cccc(-c4csc(-c5ccccc5)n4)c3)c(=O)oc12. The fourth-order valence-corrected chi connectivity index (χ4v) is 4.35. The largest absolute Gasteiger partial charge is 0.493 e. The standard InChI is InChI=1S/C26H18N2O4S/c1-31-22-12-6-10-18-14-20(26(30)32-23(18)22)24(29)27-19-11-5-9-17(13-19)21-15-33-25(28-21)16-7-3-2-4-8-16/h2-15H,1H3,(H,27,29). The van der Waals surface area contributed by atoms with Crippen molar-refractivity contribution in [1.29, 1.82) is 0 Å². The summed E-state index contributed by atoms with van der Waals surface area (Å²) in [6.45, 7) is 0. The predicted octanol–water partition coefficient (Wildman–Crippen LogP) is 5.84. The molecule has 6 nitrogen and oxygen atoms in total. The Hall–Kier alpha value is -4.23. The molecule has 0 saturated heterocycles. The summed E-state index contributed by atoms with van der Waals surface area (Å²) in [5, 5.41) is 6.29. The number of methoxy groups -OCH3 is 1. The number of amides is 1. The van der Waals surface area contributed by atoms with Crippen molar-refractivity contribution in [2.45, 2.75) is 0 Å². The molecule has 0 radical (unpaired) electrons. The van der Waals surface area contributed by atoms with Crippen LogP contribution in [0.1, 0.15) is 10.4 Å². The van der Waals surface area contributed by atoms with Gasteiger partial charge in [-0.25, -0.2) is 9.78 Å². The molecule has 0 aliphatic heterocycles. The highest BCUT2D eigenvalue weighted by atomic mass is 32.1. The van der Waals surface area contributed by atoms with Crippen molar-refractivity contribution in [3.63, 3.8) is 0 Å². The number of hydrogen-bond acceptors (Lipinski definition) is 6. The number of thiazole rings is 1. The minimum atomic E-state index is -0.729. The molecule has 0 atom stereocenters. The van der Waals surface area contributed by atoms with Gasteiger partial charge < -0.3 is 14.5 Å². The fraction of sp³-hybridized carbons (Fsp3) is 0.0385. The fourth-order valence-electron chi connectivity index (χ4n) is 3.51. The minimum absolute atomic E-state index is 0.0822. The predicted molar refractivity (Wildman–Crippen MR) is 130 cm³/mol. The van der Waals surface area contributed by atoms with Gasteiger partial charge in [0.15, 0.2) is 11.3 Å². The number of benzene rings is 3. The number of carbonyl (C=O) groups excluding carboxylic acids is 1. The Morgan fingerprint density at radius 3 is 2.58 bits per heavy atom. The van der Waals surface area contributed by atoms with Gasteiger partial charge in [-0.05, 0) is 24.3 Å². The van der Waals surface area contributed by atoms with Crippen LogP contribution in [-0.4, -0.2) is 18.0 Å². The lowest BCUT2D eigenvalue weighted by Gasteiger charge is -2.08. The summed E-state index contributed by atoms with van der Waals surface area (Å²) in [5.41, 5.74) is 2.78. The lowest BCUT2D eigenvalue weighted by molar-refractivity contribution is 0.102. The zero-order chi connectivity index (χ0) is 22.8. The van der Waals surface area contributed by atoms with Gasteiger partial charge in [-0.3, -0.25) is 4.79 Å². The third kappa shape index (κ3) is 4.14. The molecule has 0 spiro atoms. The van der Waals surface area contributed by atoms with Gasteiger partial charge in [-0.2, -0.15) is 0 Å². The molecule has 0 aliphatic rings. The second-order valence-electron chi connectivity index (χ2n) is 7.27. The number of ether oxygens (including phenoxy) is 1. The Kier molecular flexibility index (Phi) is 5.46. The second-order valence-corrected chi connectivity index (χ2v) is 8.12. The van der Waals surface area contributed by atoms with Gasteiger partial charge in [0.1, 0.15) is 10.6 Å². The molecule has 1 amide bonds. The number of nitrogens with one attached hydrogen (secondary N) is 1. The zero-order valence-corrected chi connectivity index (χ0v) is 18.4. The molecule has 3 aromatic carbocycles. The molecule has 2 aromatic heterocycles. The normalized spacial score (nSPS) is 10.8. The van der Waals surface area contributed by atoms with E-state index in [4.69, 9.17) is 14.1 Å². The molecule has 33 heavy (non-hydrogen) atoms. The highest BCUT2D eigenvalue weighted by molar-refractivity contribution is 7.13. The number of carbonyl (C=O) groups is 1. The Balaban J connectivity index is 1.41. The molecular weight excluding hydrogens is 436 g/mol. The van der Waals surface area contributed by atoms with Crippen molar-refractivity contribution in [1.82, 2.24) is 4.98 Å². The van der Waals surface area contributed by atoms with Crippen LogP contribution in [0.3, 0.4) is 0 Å². The van der Waals surface area contributed by atoms with Crippen LogP contribution in [0.5, 0.6) is 5.75 Å². The van der Waals surface area contributed by atoms with Crippen LogP contribution in [0, 0.1) is 0 Å². The van der Waals surface area contributed by atoms with Crippen molar-refractivity contribution in [3.05, 3.63) is 100 Å². The van der Waals surface area contributed by atoms with Gasteiger partial charge >= 0.3 is 5.63 Å². The monoisotopic (exact) mass is 454 g/mol. The molecule has 0 fully saturated rings. The molecule has 0 saturated carbocycles. The first-order valence-electron chi connectivity index (χ1n) is 10.2. The first-order chi connectivity index (χ1) is 16.1. The van der Waals surface area contributed by atoms with E-state index in [9.17, 15) is 9.59 Å². The van der Waals surface area contributed by atoms with Crippen LogP contribution in [-0.2, 0) is 0 Å². The number of aromatic nitrogens is 1. The quantitative estimate of drug-likeness (QED) is 0.337. The molecule has 162 valence electrons. The summed E-state index contributed by atoms with van der Waals surface area (Å²) < 4.78 is 10.6. The molecule has 5 rings (SSSR count). The second kappa shape index (κ2) is 8.72. The first-order valence-corrected chi connectivity index (χ1v) is 11.0. The van der Waals surface area contributed by atoms with Crippen molar-refractivity contribution in [3.8, 4) is 27.6 Å². The average Bonchev–Trinajstić information content (AvgIpc) is 3.34. The van der Waals surface area contributed by atoms with Gasteiger partial charge in [-0.15, -0.1) is 11.3 Å². The number of hydrogen-bond donors (Lipinski definition) is 1. The molecular formula is C26H18N2O4S. The Morgan fingerprint density at radius 1 is 0.970 bits per heavy atom. The maximum Gasteiger partial charge on any atom is 0.349 e. The minimum Gasteiger partial charge on any atom is -0.493 e. The summed E-state index contributed by atoms with van der Waals surface area (Å²) in [6.07, 6.45) is 0. The molecule has 0 unspecified atom stereocenters. The van der Waals surface area contributed by atoms with Gasteiger partial charge in [0.2, 0.25) is 0 Å². The number of para-hydroxylation sites is 1. The van der Waals surface area contributed by atoms with Gasteiger partial charge in [0.25, 0.3) is 5.91 Å². The highest BCUT2D eigenvalue weighted by Crippen LogP contribution is 2.30. The van der Waals surface area contributed by atoms with Crippen LogP contribution in [0.2, 0.25) is 0 Å². The maximum absolute atomic E-state index is 12.9. The van der Waals surface area contributed by atoms with E-state index in [1.54, 1.807) is 35.6 Å². The smallest absolute Gasteiger partial charge is 0.349 e. The van der Waals surface area contributed by atoms with E-state index < -0.39 is 11.5 Å². The van der Waals surface area contributed by atoms with E-state index in [2.05, 4.69) is 5.32 Å². The Labute approximate surface area is 193 Å². The van der Waals surface area contributed by atoms with E-state index in [0.29, 0.717) is 22.4 Å². The Morgan fingerprint density at radius 2 is 1.76 bits per heavy atom. The van der Waals surface area contributed by atoms with Crippen LogP contribution in [0.15, 0.2) is 93.5 Å². The van der Waals surface area contributed by atoms with Crippen molar-refractivity contribution < 1.29 is 13.9 Å². The third-order valence-electron chi connectivity index (χ3n) is 5.13. The number of anilines is 1. The van der Waals surface area contributed by atoms with Crippen LogP contribution in [0.4, 0.5) is 5.69 Å². The van der Waals surface area contributed by atoms with E-state index >= 15 is 0 Å². The molecule has 0 bridgehead atoms. The Bertz CT molecular complexity index is 1520. The molecule has 7 heteroatoms.